The lowest BCUT2D eigenvalue weighted by atomic mass is 10.1. The van der Waals surface area contributed by atoms with E-state index in [4.69, 9.17) is 4.84 Å². The molecule has 0 spiro atoms. The van der Waals surface area contributed by atoms with Gasteiger partial charge in [-0.15, -0.1) is 0 Å². The maximum Gasteiger partial charge on any atom is 0.363 e. The number of aldehydes is 2. The Labute approximate surface area is 138 Å². The molecule has 0 heterocycles. The van der Waals surface area contributed by atoms with Crippen molar-refractivity contribution in [2.45, 2.75) is 19.3 Å². The molecule has 0 atom stereocenters. The Hall–Kier alpha value is -3.03. The Morgan fingerprint density at radius 2 is 1.79 bits per heavy atom. The van der Waals surface area contributed by atoms with Crippen LogP contribution >= 0.6 is 0 Å². The molecule has 0 saturated carbocycles. The maximum absolute atomic E-state index is 12.0. The van der Waals surface area contributed by atoms with Crippen LogP contribution in [0.3, 0.4) is 0 Å². The van der Waals surface area contributed by atoms with Gasteiger partial charge in [-0.25, -0.2) is 4.79 Å². The molecule has 8 nitrogen and oxygen atoms in total. The maximum atomic E-state index is 12.0. The number of carbonyl (C=O) groups is 5. The molecule has 128 valence electrons. The van der Waals surface area contributed by atoms with Crippen LogP contribution < -0.4 is 5.32 Å². The van der Waals surface area contributed by atoms with Crippen molar-refractivity contribution in [1.82, 2.24) is 10.4 Å². The van der Waals surface area contributed by atoms with Gasteiger partial charge in [0.15, 0.2) is 0 Å². The summed E-state index contributed by atoms with van der Waals surface area (Å²) < 4.78 is 0. The summed E-state index contributed by atoms with van der Waals surface area (Å²) in [6.45, 7) is 0.199. The molecule has 8 heteroatoms. The fourth-order valence-electron chi connectivity index (χ4n) is 1.70. The van der Waals surface area contributed by atoms with E-state index < -0.39 is 17.8 Å². The van der Waals surface area contributed by atoms with Crippen LogP contribution in [-0.2, 0) is 19.2 Å². The van der Waals surface area contributed by atoms with Crippen LogP contribution in [0.1, 0.15) is 40.0 Å². The van der Waals surface area contributed by atoms with Gasteiger partial charge in [-0.3, -0.25) is 9.59 Å². The van der Waals surface area contributed by atoms with E-state index in [1.54, 1.807) is 0 Å². The first-order chi connectivity index (χ1) is 11.5. The zero-order valence-electron chi connectivity index (χ0n) is 13.2. The van der Waals surface area contributed by atoms with Gasteiger partial charge < -0.3 is 19.7 Å². The molecule has 1 rings (SSSR count). The normalized spacial score (nSPS) is 9.71. The van der Waals surface area contributed by atoms with Crippen molar-refractivity contribution in [1.29, 1.82) is 0 Å². The highest BCUT2D eigenvalue weighted by Gasteiger charge is 2.17. The third-order valence-electron chi connectivity index (χ3n) is 2.96. The average Bonchev–Trinajstić information content (AvgIpc) is 2.59. The zero-order chi connectivity index (χ0) is 17.9. The summed E-state index contributed by atoms with van der Waals surface area (Å²) in [7, 11) is 1.26. The van der Waals surface area contributed by atoms with Crippen LogP contribution in [0.2, 0.25) is 0 Å². The molecular formula is C16H18N2O6. The van der Waals surface area contributed by atoms with Crippen LogP contribution in [0.25, 0.3) is 0 Å². The molecule has 2 amide bonds. The van der Waals surface area contributed by atoms with Crippen molar-refractivity contribution < 1.29 is 28.8 Å². The molecule has 24 heavy (non-hydrogen) atoms. The number of nitrogens with one attached hydrogen (secondary N) is 1. The third kappa shape index (κ3) is 5.99. The molecular weight excluding hydrogens is 316 g/mol. The Balaban J connectivity index is 2.69. The van der Waals surface area contributed by atoms with Crippen LogP contribution in [0.4, 0.5) is 0 Å². The molecule has 0 radical (unpaired) electrons. The average molecular weight is 334 g/mol. The number of amides is 2. The van der Waals surface area contributed by atoms with E-state index in [1.165, 1.54) is 31.3 Å². The van der Waals surface area contributed by atoms with Gasteiger partial charge in [0, 0.05) is 38.4 Å². The first-order valence-electron chi connectivity index (χ1n) is 7.24. The van der Waals surface area contributed by atoms with Gasteiger partial charge in [0.2, 0.25) is 0 Å². The predicted molar refractivity (Wildman–Crippen MR) is 82.9 cm³/mol. The van der Waals surface area contributed by atoms with Crippen LogP contribution in [0, 0.1) is 0 Å². The molecule has 0 saturated heterocycles. The predicted octanol–water partition coefficient (Wildman–Crippen LogP) is 0.515. The zero-order valence-corrected chi connectivity index (χ0v) is 13.2. The lowest BCUT2D eigenvalue weighted by molar-refractivity contribution is -0.161. The second-order valence-electron chi connectivity index (χ2n) is 4.77. The minimum atomic E-state index is -0.806. The second-order valence-corrected chi connectivity index (χ2v) is 4.77. The molecule has 1 aromatic carbocycles. The van der Waals surface area contributed by atoms with Crippen molar-refractivity contribution in [3.63, 3.8) is 0 Å². The smallest absolute Gasteiger partial charge is 0.352 e. The molecule has 0 aliphatic heterocycles. The monoisotopic (exact) mass is 334 g/mol. The van der Waals surface area contributed by atoms with Crippen LogP contribution in [0.5, 0.6) is 0 Å². The fraction of sp³-hybridized carbons (Fsp3) is 0.312. The van der Waals surface area contributed by atoms with E-state index in [-0.39, 0.29) is 36.9 Å². The van der Waals surface area contributed by atoms with Gasteiger partial charge in [0.25, 0.3) is 11.8 Å². The van der Waals surface area contributed by atoms with E-state index in [0.717, 1.165) is 5.06 Å². The van der Waals surface area contributed by atoms with E-state index in [2.05, 4.69) is 5.32 Å². The highest BCUT2D eigenvalue weighted by Crippen LogP contribution is 2.08. The van der Waals surface area contributed by atoms with Crippen LogP contribution in [-0.4, -0.2) is 49.0 Å². The summed E-state index contributed by atoms with van der Waals surface area (Å²) in [5.74, 6) is -1.75. The summed E-state index contributed by atoms with van der Waals surface area (Å²) in [6.07, 6.45) is 1.45. The first kappa shape index (κ1) is 19.0. The Kier molecular flexibility index (Phi) is 7.83. The standard InChI is InChI=1S/C16H18N2O6/c1-18(14(21)7-3-9-19)24-16(23)13-6-2-5-12(11-13)15(22)17-8-4-10-20/h2,5-6,9-11H,3-4,7-8H2,1H3,(H,17,22). The largest absolute Gasteiger partial charge is 0.363 e. The number of hydrogen-bond donors (Lipinski definition) is 1. The Bertz CT molecular complexity index is 629. The molecule has 0 aliphatic carbocycles. The number of nitrogens with zero attached hydrogens (tertiary/aromatic N) is 1. The van der Waals surface area contributed by atoms with Gasteiger partial charge >= 0.3 is 5.97 Å². The number of rotatable bonds is 8. The van der Waals surface area contributed by atoms with E-state index in [1.807, 2.05) is 0 Å². The lowest BCUT2D eigenvalue weighted by Crippen LogP contribution is -2.30. The highest BCUT2D eigenvalue weighted by molar-refractivity contribution is 5.98. The summed E-state index contributed by atoms with van der Waals surface area (Å²) in [5, 5.41) is 3.28. The topological polar surface area (TPSA) is 110 Å². The van der Waals surface area contributed by atoms with Crippen molar-refractivity contribution >= 4 is 30.4 Å². The summed E-state index contributed by atoms with van der Waals surface area (Å²) >= 11 is 0. The Morgan fingerprint density at radius 3 is 2.46 bits per heavy atom. The first-order valence-corrected chi connectivity index (χ1v) is 7.24. The quantitative estimate of drug-likeness (QED) is 0.421. The Morgan fingerprint density at radius 1 is 1.12 bits per heavy atom. The van der Waals surface area contributed by atoms with Gasteiger partial charge in [-0.1, -0.05) is 6.07 Å². The van der Waals surface area contributed by atoms with E-state index in [9.17, 15) is 24.0 Å². The van der Waals surface area contributed by atoms with Crippen molar-refractivity contribution in [2.75, 3.05) is 13.6 Å². The number of hydrogen-bond acceptors (Lipinski definition) is 6. The van der Waals surface area contributed by atoms with Gasteiger partial charge in [-0.05, 0) is 18.2 Å². The minimum Gasteiger partial charge on any atom is -0.352 e. The summed E-state index contributed by atoms with van der Waals surface area (Å²) in [5.41, 5.74) is 0.318. The van der Waals surface area contributed by atoms with Crippen molar-refractivity contribution in [2.24, 2.45) is 0 Å². The molecule has 0 aromatic heterocycles. The van der Waals surface area contributed by atoms with Crippen molar-refractivity contribution in [3.05, 3.63) is 35.4 Å². The summed E-state index contributed by atoms with van der Waals surface area (Å²) in [6, 6.07) is 5.77. The highest BCUT2D eigenvalue weighted by atomic mass is 16.7. The minimum absolute atomic E-state index is 0.0389. The molecule has 0 bridgehead atoms. The number of benzene rings is 1. The van der Waals surface area contributed by atoms with Crippen LogP contribution in [0.15, 0.2) is 24.3 Å². The van der Waals surface area contributed by atoms with Gasteiger partial charge in [-0.2, -0.15) is 5.06 Å². The molecule has 0 aliphatic rings. The molecule has 1 aromatic rings. The molecule has 1 N–H and O–H groups in total. The summed E-state index contributed by atoms with van der Waals surface area (Å²) in [4.78, 5) is 60.8. The SMILES string of the molecule is CN(OC(=O)c1cccc(C(=O)NCCC=O)c1)C(=O)CCC=O. The van der Waals surface area contributed by atoms with Gasteiger partial charge in [0.05, 0.1) is 5.56 Å². The molecule has 0 fully saturated rings. The van der Waals surface area contributed by atoms with Gasteiger partial charge in [0.1, 0.15) is 12.6 Å². The molecule has 0 unspecified atom stereocenters. The third-order valence-corrected chi connectivity index (χ3v) is 2.96. The number of carbonyl (C=O) groups excluding carboxylic acids is 5. The lowest BCUT2D eigenvalue weighted by Gasteiger charge is -2.15. The van der Waals surface area contributed by atoms with E-state index >= 15 is 0 Å². The van der Waals surface area contributed by atoms with E-state index in [0.29, 0.717) is 12.6 Å². The number of hydroxylamine groups is 2. The van der Waals surface area contributed by atoms with Crippen molar-refractivity contribution in [3.8, 4) is 0 Å². The fourth-order valence-corrected chi connectivity index (χ4v) is 1.70. The second kappa shape index (κ2) is 9.88.